The van der Waals surface area contributed by atoms with Crippen molar-refractivity contribution in [3.05, 3.63) is 95.8 Å². The van der Waals surface area contributed by atoms with E-state index in [4.69, 9.17) is 9.47 Å². The Kier molecular flexibility index (Phi) is 6.41. The molecule has 142 valence electrons. The molecule has 3 aromatic rings. The molecule has 28 heavy (non-hydrogen) atoms. The predicted molar refractivity (Wildman–Crippen MR) is 108 cm³/mol. The molecule has 0 bridgehead atoms. The number of hydrogen-bond donors (Lipinski definition) is 1. The molecule has 3 rings (SSSR count). The monoisotopic (exact) mass is 377 g/mol. The summed E-state index contributed by atoms with van der Waals surface area (Å²) < 4.78 is 24.8. The van der Waals surface area contributed by atoms with Crippen molar-refractivity contribution in [1.82, 2.24) is 0 Å². The first-order valence-corrected chi connectivity index (χ1v) is 8.74. The highest BCUT2D eigenvalue weighted by Gasteiger charge is 2.06. The van der Waals surface area contributed by atoms with Gasteiger partial charge in [0.15, 0.2) is 11.5 Å². The maximum absolute atomic E-state index is 13.6. The Morgan fingerprint density at radius 3 is 2.50 bits per heavy atom. The lowest BCUT2D eigenvalue weighted by Crippen LogP contribution is -2.09. The van der Waals surface area contributed by atoms with Gasteiger partial charge in [-0.2, -0.15) is 0 Å². The first kappa shape index (κ1) is 19.2. The normalized spacial score (nSPS) is 10.6. The zero-order chi connectivity index (χ0) is 19.8. The van der Waals surface area contributed by atoms with E-state index in [1.54, 1.807) is 37.5 Å². The number of anilines is 1. The molecular formula is C23H20FNO3. The molecule has 0 unspecified atom stereocenters. The third kappa shape index (κ3) is 5.20. The van der Waals surface area contributed by atoms with Gasteiger partial charge in [-0.3, -0.25) is 4.79 Å². The maximum atomic E-state index is 13.6. The summed E-state index contributed by atoms with van der Waals surface area (Å²) in [6.07, 6.45) is 2.96. The van der Waals surface area contributed by atoms with Gasteiger partial charge >= 0.3 is 0 Å². The average molecular weight is 377 g/mol. The van der Waals surface area contributed by atoms with Gasteiger partial charge < -0.3 is 14.8 Å². The van der Waals surface area contributed by atoms with Gasteiger partial charge in [0, 0.05) is 6.08 Å². The molecule has 3 aromatic carbocycles. The molecule has 0 aliphatic heterocycles. The third-order valence-electron chi connectivity index (χ3n) is 3.98. The van der Waals surface area contributed by atoms with Crippen LogP contribution >= 0.6 is 0 Å². The quantitative estimate of drug-likeness (QED) is 0.585. The van der Waals surface area contributed by atoms with E-state index in [1.165, 1.54) is 18.2 Å². The lowest BCUT2D eigenvalue weighted by molar-refractivity contribution is -0.111. The summed E-state index contributed by atoms with van der Waals surface area (Å²) in [5.41, 5.74) is 1.95. The number of hydrogen-bond acceptors (Lipinski definition) is 3. The molecule has 0 aliphatic rings. The molecule has 0 atom stereocenters. The highest BCUT2D eigenvalue weighted by molar-refractivity contribution is 6.02. The minimum absolute atomic E-state index is 0.138. The van der Waals surface area contributed by atoms with E-state index in [0.717, 1.165) is 11.1 Å². The molecule has 5 heteroatoms. The van der Waals surface area contributed by atoms with Gasteiger partial charge in [-0.1, -0.05) is 48.5 Å². The van der Waals surface area contributed by atoms with Gasteiger partial charge in [-0.25, -0.2) is 4.39 Å². The van der Waals surface area contributed by atoms with Crippen molar-refractivity contribution in [2.24, 2.45) is 0 Å². The summed E-state index contributed by atoms with van der Waals surface area (Å²) >= 11 is 0. The van der Waals surface area contributed by atoms with E-state index in [-0.39, 0.29) is 5.69 Å². The van der Waals surface area contributed by atoms with Crippen molar-refractivity contribution in [2.45, 2.75) is 6.61 Å². The van der Waals surface area contributed by atoms with Crippen LogP contribution in [0.15, 0.2) is 78.9 Å². The Hall–Kier alpha value is -3.60. The number of para-hydroxylation sites is 1. The number of halogens is 1. The summed E-state index contributed by atoms with van der Waals surface area (Å²) in [7, 11) is 1.56. The molecule has 0 radical (unpaired) electrons. The largest absolute Gasteiger partial charge is 0.493 e. The first-order chi connectivity index (χ1) is 13.7. The standard InChI is InChI=1S/C23H20FNO3/c1-27-22-15-17(11-13-21(22)28-16-18-7-3-2-4-8-18)12-14-23(26)25-20-10-6-5-9-19(20)24/h2-15H,16H2,1H3,(H,25,26). The van der Waals surface area contributed by atoms with Gasteiger partial charge in [0.25, 0.3) is 0 Å². The second kappa shape index (κ2) is 9.37. The maximum Gasteiger partial charge on any atom is 0.248 e. The molecule has 0 fully saturated rings. The number of nitrogens with one attached hydrogen (secondary N) is 1. The number of ether oxygens (including phenoxy) is 2. The van der Waals surface area contributed by atoms with Crippen LogP contribution in [0.2, 0.25) is 0 Å². The second-order valence-corrected chi connectivity index (χ2v) is 5.99. The van der Waals surface area contributed by atoms with Crippen LogP contribution < -0.4 is 14.8 Å². The van der Waals surface area contributed by atoms with Crippen molar-refractivity contribution in [3.63, 3.8) is 0 Å². The van der Waals surface area contributed by atoms with Crippen LogP contribution in [-0.2, 0) is 11.4 Å². The molecule has 1 N–H and O–H groups in total. The average Bonchev–Trinajstić information content (AvgIpc) is 2.73. The van der Waals surface area contributed by atoms with Crippen molar-refractivity contribution < 1.29 is 18.7 Å². The number of carbonyl (C=O) groups excluding carboxylic acids is 1. The summed E-state index contributed by atoms with van der Waals surface area (Å²) in [4.78, 5) is 12.0. The highest BCUT2D eigenvalue weighted by Crippen LogP contribution is 2.29. The molecule has 0 aliphatic carbocycles. The van der Waals surface area contributed by atoms with E-state index >= 15 is 0 Å². The summed E-state index contributed by atoms with van der Waals surface area (Å²) in [6, 6.07) is 21.2. The molecule has 0 heterocycles. The van der Waals surface area contributed by atoms with Crippen LogP contribution in [0.3, 0.4) is 0 Å². The molecular weight excluding hydrogens is 357 g/mol. The lowest BCUT2D eigenvalue weighted by Gasteiger charge is -2.11. The predicted octanol–water partition coefficient (Wildman–Crippen LogP) is 5.07. The van der Waals surface area contributed by atoms with E-state index < -0.39 is 11.7 Å². The SMILES string of the molecule is COc1cc(C=CC(=O)Nc2ccccc2F)ccc1OCc1ccccc1. The first-order valence-electron chi connectivity index (χ1n) is 8.74. The zero-order valence-electron chi connectivity index (χ0n) is 15.4. The van der Waals surface area contributed by atoms with Gasteiger partial charge in [0.05, 0.1) is 12.8 Å². The van der Waals surface area contributed by atoms with Crippen LogP contribution in [-0.4, -0.2) is 13.0 Å². The van der Waals surface area contributed by atoms with Crippen molar-refractivity contribution in [3.8, 4) is 11.5 Å². The summed E-state index contributed by atoms with van der Waals surface area (Å²) in [5, 5.41) is 2.50. The second-order valence-electron chi connectivity index (χ2n) is 5.99. The van der Waals surface area contributed by atoms with Gasteiger partial charge in [-0.05, 0) is 41.5 Å². The Morgan fingerprint density at radius 2 is 1.75 bits per heavy atom. The molecule has 0 saturated heterocycles. The molecule has 1 amide bonds. The number of carbonyl (C=O) groups is 1. The topological polar surface area (TPSA) is 47.6 Å². The Balaban J connectivity index is 1.65. The minimum Gasteiger partial charge on any atom is -0.493 e. The van der Waals surface area contributed by atoms with Gasteiger partial charge in [0.1, 0.15) is 12.4 Å². The Morgan fingerprint density at radius 1 is 1.00 bits per heavy atom. The van der Waals surface area contributed by atoms with Crippen LogP contribution in [0.5, 0.6) is 11.5 Å². The number of benzene rings is 3. The zero-order valence-corrected chi connectivity index (χ0v) is 15.4. The Labute approximate surface area is 163 Å². The highest BCUT2D eigenvalue weighted by atomic mass is 19.1. The number of rotatable bonds is 7. The fraction of sp³-hybridized carbons (Fsp3) is 0.0870. The summed E-state index contributed by atoms with van der Waals surface area (Å²) in [5.74, 6) is 0.270. The smallest absolute Gasteiger partial charge is 0.248 e. The number of amides is 1. The van der Waals surface area contributed by atoms with E-state index in [9.17, 15) is 9.18 Å². The minimum atomic E-state index is -0.481. The summed E-state index contributed by atoms with van der Waals surface area (Å²) in [6.45, 7) is 0.428. The fourth-order valence-electron chi connectivity index (χ4n) is 2.55. The molecule has 0 saturated carbocycles. The van der Waals surface area contributed by atoms with Crippen molar-refractivity contribution >= 4 is 17.7 Å². The van der Waals surface area contributed by atoms with Crippen molar-refractivity contribution in [1.29, 1.82) is 0 Å². The van der Waals surface area contributed by atoms with Crippen LogP contribution in [0, 0.1) is 5.82 Å². The molecule has 0 aromatic heterocycles. The van der Waals surface area contributed by atoms with E-state index in [2.05, 4.69) is 5.32 Å². The van der Waals surface area contributed by atoms with Crippen molar-refractivity contribution in [2.75, 3.05) is 12.4 Å². The van der Waals surface area contributed by atoms with Crippen LogP contribution in [0.1, 0.15) is 11.1 Å². The fourth-order valence-corrected chi connectivity index (χ4v) is 2.55. The van der Waals surface area contributed by atoms with Gasteiger partial charge in [-0.15, -0.1) is 0 Å². The Bertz CT molecular complexity index is 971. The lowest BCUT2D eigenvalue weighted by atomic mass is 10.2. The van der Waals surface area contributed by atoms with Gasteiger partial charge in [0.2, 0.25) is 5.91 Å². The molecule has 0 spiro atoms. The third-order valence-corrected chi connectivity index (χ3v) is 3.98. The number of methoxy groups -OCH3 is 1. The van der Waals surface area contributed by atoms with E-state index in [0.29, 0.717) is 18.1 Å². The van der Waals surface area contributed by atoms with Crippen LogP contribution in [0.4, 0.5) is 10.1 Å². The molecule has 4 nitrogen and oxygen atoms in total. The van der Waals surface area contributed by atoms with Crippen LogP contribution in [0.25, 0.3) is 6.08 Å². The van der Waals surface area contributed by atoms with E-state index in [1.807, 2.05) is 36.4 Å².